The number of hydrogen-bond donors (Lipinski definition) is 3. The van der Waals surface area contributed by atoms with Crippen LogP contribution in [0.1, 0.15) is 16.1 Å². The molecule has 2 amide bonds. The second kappa shape index (κ2) is 10.5. The predicted molar refractivity (Wildman–Crippen MR) is 116 cm³/mol. The van der Waals surface area contributed by atoms with Crippen molar-refractivity contribution in [3.63, 3.8) is 0 Å². The summed E-state index contributed by atoms with van der Waals surface area (Å²) in [6.45, 7) is 4.39. The SMILES string of the molecule is C=CCOc1ccccc1NCC(=O)Nc1ccc(C(=O)NCc2ccco2)cc1. The van der Waals surface area contributed by atoms with Gasteiger partial charge in [0, 0.05) is 11.3 Å². The van der Waals surface area contributed by atoms with E-state index < -0.39 is 0 Å². The first kappa shape index (κ1) is 20.7. The summed E-state index contributed by atoms with van der Waals surface area (Å²) >= 11 is 0. The number of carbonyl (C=O) groups excluding carboxylic acids is 2. The van der Waals surface area contributed by atoms with Gasteiger partial charge in [-0.1, -0.05) is 24.8 Å². The summed E-state index contributed by atoms with van der Waals surface area (Å²) in [4.78, 5) is 24.4. The molecule has 7 heteroatoms. The van der Waals surface area contributed by atoms with E-state index >= 15 is 0 Å². The van der Waals surface area contributed by atoms with E-state index in [0.717, 1.165) is 5.69 Å². The van der Waals surface area contributed by atoms with Crippen LogP contribution in [0, 0.1) is 0 Å². The number of furan rings is 1. The molecule has 0 atom stereocenters. The zero-order chi connectivity index (χ0) is 21.2. The van der Waals surface area contributed by atoms with Gasteiger partial charge in [-0.3, -0.25) is 9.59 Å². The molecule has 3 N–H and O–H groups in total. The van der Waals surface area contributed by atoms with Gasteiger partial charge in [-0.15, -0.1) is 0 Å². The lowest BCUT2D eigenvalue weighted by Crippen LogP contribution is -2.23. The number of ether oxygens (including phenoxy) is 1. The van der Waals surface area contributed by atoms with Crippen molar-refractivity contribution >= 4 is 23.2 Å². The van der Waals surface area contributed by atoms with Crippen molar-refractivity contribution in [2.75, 3.05) is 23.8 Å². The number of carbonyl (C=O) groups is 2. The summed E-state index contributed by atoms with van der Waals surface area (Å²) in [5.41, 5.74) is 1.81. The van der Waals surface area contributed by atoms with Crippen LogP contribution in [0.3, 0.4) is 0 Å². The smallest absolute Gasteiger partial charge is 0.251 e. The fourth-order valence-electron chi connectivity index (χ4n) is 2.66. The zero-order valence-corrected chi connectivity index (χ0v) is 16.4. The van der Waals surface area contributed by atoms with E-state index in [1.807, 2.05) is 24.3 Å². The third-order valence-corrected chi connectivity index (χ3v) is 4.12. The fraction of sp³-hybridized carbons (Fsp3) is 0.130. The number of anilines is 2. The van der Waals surface area contributed by atoms with Crippen LogP contribution in [0.15, 0.2) is 84.0 Å². The molecule has 0 spiro atoms. The molecule has 7 nitrogen and oxygen atoms in total. The van der Waals surface area contributed by atoms with Crippen molar-refractivity contribution in [3.05, 3.63) is 90.9 Å². The van der Waals surface area contributed by atoms with Crippen LogP contribution < -0.4 is 20.7 Å². The number of amides is 2. The Morgan fingerprint density at radius 2 is 1.83 bits per heavy atom. The molecule has 0 unspecified atom stereocenters. The Labute approximate surface area is 174 Å². The molecule has 154 valence electrons. The third-order valence-electron chi connectivity index (χ3n) is 4.12. The zero-order valence-electron chi connectivity index (χ0n) is 16.4. The van der Waals surface area contributed by atoms with Gasteiger partial charge >= 0.3 is 0 Å². The maximum atomic E-state index is 12.2. The standard InChI is InChI=1S/C23H23N3O4/c1-2-13-30-21-8-4-3-7-20(21)24-16-22(27)26-18-11-9-17(10-12-18)23(28)25-15-19-6-5-14-29-19/h2-12,14,24H,1,13,15-16H2,(H,25,28)(H,26,27). The van der Waals surface area contributed by atoms with Gasteiger partial charge in [-0.05, 0) is 48.5 Å². The minimum atomic E-state index is -0.220. The number of benzene rings is 2. The van der Waals surface area contributed by atoms with Crippen LogP contribution in [0.2, 0.25) is 0 Å². The second-order valence-corrected chi connectivity index (χ2v) is 6.34. The topological polar surface area (TPSA) is 92.6 Å². The molecule has 3 aromatic rings. The molecule has 1 heterocycles. The van der Waals surface area contributed by atoms with Crippen LogP contribution in [-0.4, -0.2) is 25.0 Å². The number of nitrogens with one attached hydrogen (secondary N) is 3. The van der Waals surface area contributed by atoms with Gasteiger partial charge in [0.1, 0.15) is 18.1 Å². The van der Waals surface area contributed by atoms with E-state index in [4.69, 9.17) is 9.15 Å². The summed E-state index contributed by atoms with van der Waals surface area (Å²) in [6.07, 6.45) is 3.21. The molecule has 0 radical (unpaired) electrons. The van der Waals surface area contributed by atoms with Crippen molar-refractivity contribution in [2.45, 2.75) is 6.54 Å². The summed E-state index contributed by atoms with van der Waals surface area (Å²) in [5, 5.41) is 8.62. The second-order valence-electron chi connectivity index (χ2n) is 6.34. The Morgan fingerprint density at radius 3 is 2.57 bits per heavy atom. The van der Waals surface area contributed by atoms with E-state index in [-0.39, 0.29) is 18.4 Å². The van der Waals surface area contributed by atoms with Crippen molar-refractivity contribution in [3.8, 4) is 5.75 Å². The molecular weight excluding hydrogens is 382 g/mol. The van der Waals surface area contributed by atoms with Gasteiger partial charge in [0.05, 0.1) is 25.0 Å². The largest absolute Gasteiger partial charge is 0.487 e. The number of hydrogen-bond acceptors (Lipinski definition) is 5. The Bertz CT molecular complexity index is 982. The Morgan fingerprint density at radius 1 is 1.03 bits per heavy atom. The average molecular weight is 405 g/mol. The molecular formula is C23H23N3O4. The first-order chi connectivity index (χ1) is 14.7. The highest BCUT2D eigenvalue weighted by Crippen LogP contribution is 2.23. The van der Waals surface area contributed by atoms with E-state index in [9.17, 15) is 9.59 Å². The normalized spacial score (nSPS) is 10.1. The van der Waals surface area contributed by atoms with Crippen molar-refractivity contribution in [1.29, 1.82) is 0 Å². The third kappa shape index (κ3) is 6.00. The molecule has 30 heavy (non-hydrogen) atoms. The van der Waals surface area contributed by atoms with Gasteiger partial charge < -0.3 is 25.1 Å². The van der Waals surface area contributed by atoms with E-state index in [1.54, 1.807) is 48.7 Å². The molecule has 0 saturated carbocycles. The molecule has 0 bridgehead atoms. The molecule has 2 aromatic carbocycles. The van der Waals surface area contributed by atoms with Gasteiger partial charge in [-0.25, -0.2) is 0 Å². The Balaban J connectivity index is 1.48. The first-order valence-electron chi connectivity index (χ1n) is 9.43. The van der Waals surface area contributed by atoms with Crippen LogP contribution in [-0.2, 0) is 11.3 Å². The summed E-state index contributed by atoms with van der Waals surface area (Å²) < 4.78 is 10.7. The average Bonchev–Trinajstić information content (AvgIpc) is 3.29. The van der Waals surface area contributed by atoms with Crippen LogP contribution in [0.25, 0.3) is 0 Å². The van der Waals surface area contributed by atoms with Crippen LogP contribution in [0.4, 0.5) is 11.4 Å². The van der Waals surface area contributed by atoms with Crippen LogP contribution in [0.5, 0.6) is 5.75 Å². The lowest BCUT2D eigenvalue weighted by molar-refractivity contribution is -0.114. The van der Waals surface area contributed by atoms with E-state index in [1.165, 1.54) is 0 Å². The number of para-hydroxylation sites is 2. The maximum Gasteiger partial charge on any atom is 0.251 e. The monoisotopic (exact) mass is 405 g/mol. The van der Waals surface area contributed by atoms with E-state index in [2.05, 4.69) is 22.5 Å². The molecule has 3 rings (SSSR count). The van der Waals surface area contributed by atoms with Gasteiger partial charge in [-0.2, -0.15) is 0 Å². The van der Waals surface area contributed by atoms with Gasteiger partial charge in [0.2, 0.25) is 5.91 Å². The molecule has 0 aliphatic rings. The highest BCUT2D eigenvalue weighted by atomic mass is 16.5. The molecule has 0 aliphatic heterocycles. The van der Waals surface area contributed by atoms with Gasteiger partial charge in [0.25, 0.3) is 5.91 Å². The van der Waals surface area contributed by atoms with E-state index in [0.29, 0.717) is 35.9 Å². The minimum Gasteiger partial charge on any atom is -0.487 e. The summed E-state index contributed by atoms with van der Waals surface area (Å²) in [6, 6.07) is 17.6. The highest BCUT2D eigenvalue weighted by Gasteiger charge is 2.08. The van der Waals surface area contributed by atoms with Crippen molar-refractivity contribution in [2.24, 2.45) is 0 Å². The van der Waals surface area contributed by atoms with Crippen molar-refractivity contribution in [1.82, 2.24) is 5.32 Å². The lowest BCUT2D eigenvalue weighted by Gasteiger charge is -2.12. The Hall–Kier alpha value is -4.00. The van der Waals surface area contributed by atoms with Gasteiger partial charge in [0.15, 0.2) is 0 Å². The van der Waals surface area contributed by atoms with Crippen LogP contribution >= 0.6 is 0 Å². The lowest BCUT2D eigenvalue weighted by atomic mass is 10.2. The molecule has 0 fully saturated rings. The predicted octanol–water partition coefficient (Wildman–Crippen LogP) is 3.83. The minimum absolute atomic E-state index is 0.0693. The number of rotatable bonds is 10. The maximum absolute atomic E-state index is 12.2. The fourth-order valence-corrected chi connectivity index (χ4v) is 2.66. The summed E-state index contributed by atoms with van der Waals surface area (Å²) in [5.74, 6) is 0.886. The highest BCUT2D eigenvalue weighted by molar-refractivity contribution is 5.96. The molecule has 0 aliphatic carbocycles. The van der Waals surface area contributed by atoms with Crippen molar-refractivity contribution < 1.29 is 18.7 Å². The Kier molecular flexibility index (Phi) is 7.27. The quantitative estimate of drug-likeness (QED) is 0.446. The molecule has 0 saturated heterocycles. The summed E-state index contributed by atoms with van der Waals surface area (Å²) in [7, 11) is 0. The molecule has 1 aromatic heterocycles. The first-order valence-corrected chi connectivity index (χ1v) is 9.43.